The average molecular weight is 864 g/mol. The molecule has 0 radical (unpaired) electrons. The second-order valence-corrected chi connectivity index (χ2v) is 18.1. The first kappa shape index (κ1) is 55.9. The van der Waals surface area contributed by atoms with Gasteiger partial charge in [0, 0.05) is 6.42 Å². The molecule has 13 heteroatoms. The average Bonchev–Trinajstić information content (AvgIpc) is 3.20. The first-order valence-electron chi connectivity index (χ1n) is 24.1. The Labute approximate surface area is 360 Å². The highest BCUT2D eigenvalue weighted by Gasteiger charge is 2.48. The van der Waals surface area contributed by atoms with Crippen molar-refractivity contribution in [3.8, 4) is 0 Å². The van der Waals surface area contributed by atoms with Crippen LogP contribution in [0.5, 0.6) is 0 Å². The third-order valence-electron chi connectivity index (χ3n) is 11.6. The summed E-state index contributed by atoms with van der Waals surface area (Å²) in [5.41, 5.74) is 0. The molecule has 0 bridgehead atoms. The standard InChI is InChI=1S/C46H89NO11S/c1-3-5-7-9-11-13-14-15-16-17-18-19-20-21-22-23-24-25-26-28-29-31-33-35-40(49)39(47-42(50)36-34-32-30-27-12-10-8-6-4-2)38-56-46-44(52)45(58-59(53,54)55)43(51)41(37-48)57-46/h33,35,39-41,43-46,48-49,51-52H,3-32,34,36-38H2,1-2H3,(H,47,50)(H,53,54,55)/b35-33+. The summed E-state index contributed by atoms with van der Waals surface area (Å²) in [5, 5.41) is 44.6. The molecule has 0 aromatic heterocycles. The van der Waals surface area contributed by atoms with Crippen molar-refractivity contribution in [3.05, 3.63) is 12.2 Å². The van der Waals surface area contributed by atoms with E-state index in [-0.39, 0.29) is 18.9 Å². The highest BCUT2D eigenvalue weighted by molar-refractivity contribution is 7.80. The van der Waals surface area contributed by atoms with E-state index >= 15 is 0 Å². The van der Waals surface area contributed by atoms with Crippen LogP contribution >= 0.6 is 0 Å². The van der Waals surface area contributed by atoms with Crippen molar-refractivity contribution in [3.63, 3.8) is 0 Å². The topological polar surface area (TPSA) is 192 Å². The van der Waals surface area contributed by atoms with Crippen molar-refractivity contribution in [2.45, 2.75) is 262 Å². The summed E-state index contributed by atoms with van der Waals surface area (Å²) >= 11 is 0. The predicted octanol–water partition coefficient (Wildman–Crippen LogP) is 9.55. The highest BCUT2D eigenvalue weighted by atomic mass is 32.3. The number of amides is 1. The molecular formula is C46H89NO11S. The SMILES string of the molecule is CCCCCCCCCCCCCCCCCCCCCCC/C=C/C(O)C(COC1OC(CO)C(O)C(OS(=O)(=O)O)C1O)NC(=O)CCCCCCCCCCC. The summed E-state index contributed by atoms with van der Waals surface area (Å²) in [5.74, 6) is -0.264. The number of hydrogen-bond acceptors (Lipinski definition) is 10. The van der Waals surface area contributed by atoms with Gasteiger partial charge >= 0.3 is 10.4 Å². The van der Waals surface area contributed by atoms with Gasteiger partial charge in [-0.15, -0.1) is 0 Å². The minimum atomic E-state index is -5.08. The molecule has 12 nitrogen and oxygen atoms in total. The van der Waals surface area contributed by atoms with Crippen molar-refractivity contribution in [1.82, 2.24) is 5.32 Å². The largest absolute Gasteiger partial charge is 0.397 e. The second-order valence-electron chi connectivity index (χ2n) is 17.1. The Hall–Kier alpha value is -1.16. The van der Waals surface area contributed by atoms with E-state index in [1.54, 1.807) is 6.08 Å². The van der Waals surface area contributed by atoms with Crippen molar-refractivity contribution in [1.29, 1.82) is 0 Å². The van der Waals surface area contributed by atoms with Crippen LogP contribution in [0.15, 0.2) is 12.2 Å². The number of unbranched alkanes of at least 4 members (excludes halogenated alkanes) is 29. The van der Waals surface area contributed by atoms with Crippen LogP contribution in [0.1, 0.15) is 219 Å². The van der Waals surface area contributed by atoms with Gasteiger partial charge in [0.15, 0.2) is 6.29 Å². The lowest BCUT2D eigenvalue weighted by Gasteiger charge is -2.41. The number of carbonyl (C=O) groups excluding carboxylic acids is 1. The molecular weight excluding hydrogens is 775 g/mol. The molecule has 0 aliphatic carbocycles. The number of ether oxygens (including phenoxy) is 2. The third-order valence-corrected chi connectivity index (χ3v) is 12.0. The smallest absolute Gasteiger partial charge is 0.394 e. The lowest BCUT2D eigenvalue weighted by molar-refractivity contribution is -0.298. The van der Waals surface area contributed by atoms with Crippen molar-refractivity contribution in [2.75, 3.05) is 13.2 Å². The molecule has 1 aliphatic heterocycles. The van der Waals surface area contributed by atoms with Gasteiger partial charge in [-0.25, -0.2) is 4.18 Å². The maximum atomic E-state index is 12.9. The number of hydrogen-bond donors (Lipinski definition) is 6. The van der Waals surface area contributed by atoms with E-state index in [9.17, 15) is 33.6 Å². The van der Waals surface area contributed by atoms with Crippen LogP contribution in [0, 0.1) is 0 Å². The van der Waals surface area contributed by atoms with E-state index in [2.05, 4.69) is 23.3 Å². The number of aliphatic hydroxyl groups excluding tert-OH is 4. The lowest BCUT2D eigenvalue weighted by atomic mass is 9.99. The quantitative estimate of drug-likeness (QED) is 0.0195. The van der Waals surface area contributed by atoms with E-state index in [1.807, 2.05) is 6.08 Å². The number of carbonyl (C=O) groups is 1. The summed E-state index contributed by atoms with van der Waals surface area (Å²) in [7, 11) is -5.08. The van der Waals surface area contributed by atoms with Crippen LogP contribution in [0.25, 0.3) is 0 Å². The van der Waals surface area contributed by atoms with Gasteiger partial charge in [-0.3, -0.25) is 9.35 Å². The van der Waals surface area contributed by atoms with Gasteiger partial charge in [0.05, 0.1) is 25.4 Å². The molecule has 1 rings (SSSR count). The monoisotopic (exact) mass is 864 g/mol. The first-order valence-corrected chi connectivity index (χ1v) is 25.4. The molecule has 1 amide bonds. The first-order chi connectivity index (χ1) is 28.5. The molecule has 1 heterocycles. The Balaban J connectivity index is 2.40. The van der Waals surface area contributed by atoms with Crippen LogP contribution in [0.4, 0.5) is 0 Å². The fraction of sp³-hybridized carbons (Fsp3) is 0.935. The molecule has 1 aliphatic rings. The normalized spacial score (nSPS) is 21.0. The molecule has 0 spiro atoms. The molecule has 1 fully saturated rings. The van der Waals surface area contributed by atoms with Gasteiger partial charge in [-0.1, -0.05) is 206 Å². The third kappa shape index (κ3) is 30.5. The number of allylic oxidation sites excluding steroid dienone is 1. The number of rotatable bonds is 41. The maximum Gasteiger partial charge on any atom is 0.397 e. The Morgan fingerprint density at radius 1 is 0.661 bits per heavy atom. The van der Waals surface area contributed by atoms with Crippen LogP contribution in [0.3, 0.4) is 0 Å². The number of nitrogens with one attached hydrogen (secondary N) is 1. The zero-order valence-electron chi connectivity index (χ0n) is 37.3. The van der Waals surface area contributed by atoms with E-state index in [1.165, 1.54) is 154 Å². The van der Waals surface area contributed by atoms with Gasteiger partial charge in [0.1, 0.15) is 24.4 Å². The van der Waals surface area contributed by atoms with Crippen LogP contribution < -0.4 is 5.32 Å². The zero-order valence-corrected chi connectivity index (χ0v) is 38.1. The van der Waals surface area contributed by atoms with Crippen LogP contribution in [0.2, 0.25) is 0 Å². The molecule has 1 saturated heterocycles. The Bertz CT molecular complexity index is 1110. The van der Waals surface area contributed by atoms with Crippen molar-refractivity contribution in [2.24, 2.45) is 0 Å². The zero-order chi connectivity index (χ0) is 43.4. The molecule has 6 N–H and O–H groups in total. The van der Waals surface area contributed by atoms with E-state index in [0.717, 1.165) is 38.5 Å². The van der Waals surface area contributed by atoms with Gasteiger partial charge in [-0.05, 0) is 19.3 Å². The van der Waals surface area contributed by atoms with Crippen LogP contribution in [-0.4, -0.2) is 95.4 Å². The summed E-state index contributed by atoms with van der Waals surface area (Å²) in [6.07, 6.45) is 32.7. The fourth-order valence-corrected chi connectivity index (χ4v) is 8.32. The van der Waals surface area contributed by atoms with Gasteiger partial charge in [0.25, 0.3) is 0 Å². The van der Waals surface area contributed by atoms with E-state index in [4.69, 9.17) is 14.0 Å². The van der Waals surface area contributed by atoms with Crippen molar-refractivity contribution >= 4 is 16.3 Å². The summed E-state index contributed by atoms with van der Waals surface area (Å²) in [6, 6.07) is -0.937. The Morgan fingerprint density at radius 3 is 1.47 bits per heavy atom. The summed E-state index contributed by atoms with van der Waals surface area (Å²) < 4.78 is 47.5. The molecule has 0 aromatic carbocycles. The van der Waals surface area contributed by atoms with Gasteiger partial charge < -0.3 is 35.2 Å². The van der Waals surface area contributed by atoms with E-state index in [0.29, 0.717) is 6.42 Å². The molecule has 0 saturated carbocycles. The molecule has 7 atom stereocenters. The fourth-order valence-electron chi connectivity index (χ4n) is 7.81. The van der Waals surface area contributed by atoms with Crippen LogP contribution in [-0.2, 0) is 28.9 Å². The Kier molecular flexibility index (Phi) is 35.4. The van der Waals surface area contributed by atoms with Gasteiger partial charge in [-0.2, -0.15) is 8.42 Å². The van der Waals surface area contributed by atoms with E-state index < -0.39 is 59.9 Å². The Morgan fingerprint density at radius 2 is 1.07 bits per heavy atom. The highest BCUT2D eigenvalue weighted by Crippen LogP contribution is 2.26. The molecule has 59 heavy (non-hydrogen) atoms. The minimum Gasteiger partial charge on any atom is -0.394 e. The second kappa shape index (κ2) is 37.4. The lowest BCUT2D eigenvalue weighted by Crippen LogP contribution is -2.61. The van der Waals surface area contributed by atoms with Gasteiger partial charge in [0.2, 0.25) is 5.91 Å². The predicted molar refractivity (Wildman–Crippen MR) is 236 cm³/mol. The maximum absolute atomic E-state index is 12.9. The molecule has 350 valence electrons. The van der Waals surface area contributed by atoms with Crippen molar-refractivity contribution < 1.29 is 51.8 Å². The summed E-state index contributed by atoms with van der Waals surface area (Å²) in [6.45, 7) is 3.37. The summed E-state index contributed by atoms with van der Waals surface area (Å²) in [4.78, 5) is 12.9. The molecule has 7 unspecified atom stereocenters. The number of aliphatic hydroxyl groups is 4. The molecule has 0 aromatic rings. The minimum absolute atomic E-state index is 0.264.